The molecule has 4 nitrogen and oxygen atoms in total. The number of aliphatic hydroxyl groups is 1. The molecule has 1 amide bonds. The number of rotatable bonds is 8. The van der Waals surface area contributed by atoms with Gasteiger partial charge < -0.3 is 14.7 Å². The van der Waals surface area contributed by atoms with Crippen molar-refractivity contribution in [2.45, 2.75) is 45.1 Å². The second-order valence-corrected chi connectivity index (χ2v) is 5.54. The lowest BCUT2D eigenvalue weighted by molar-refractivity contribution is 0.0562. The molecule has 116 valence electrons. The predicted molar refractivity (Wildman–Crippen MR) is 82.6 cm³/mol. The van der Waals surface area contributed by atoms with Gasteiger partial charge >= 0.3 is 0 Å². The number of nitrogens with zero attached hydrogens (tertiary/aromatic N) is 1. The first-order valence-corrected chi connectivity index (χ1v) is 7.91. The Morgan fingerprint density at radius 1 is 1.43 bits per heavy atom. The Morgan fingerprint density at radius 2 is 2.24 bits per heavy atom. The van der Waals surface area contributed by atoms with Crippen LogP contribution >= 0.6 is 0 Å². The maximum absolute atomic E-state index is 12.7. The minimum atomic E-state index is 0.0510. The summed E-state index contributed by atoms with van der Waals surface area (Å²) in [5.41, 5.74) is 0.674. The zero-order chi connectivity index (χ0) is 15.1. The van der Waals surface area contributed by atoms with Crippen molar-refractivity contribution in [2.75, 3.05) is 19.8 Å². The third kappa shape index (κ3) is 4.21. The zero-order valence-electron chi connectivity index (χ0n) is 12.8. The van der Waals surface area contributed by atoms with Gasteiger partial charge in [0.25, 0.3) is 5.91 Å². The molecule has 1 aromatic carbocycles. The van der Waals surface area contributed by atoms with Crippen molar-refractivity contribution >= 4 is 5.91 Å². The molecule has 1 fully saturated rings. The van der Waals surface area contributed by atoms with Crippen LogP contribution in [-0.2, 0) is 0 Å². The van der Waals surface area contributed by atoms with E-state index in [9.17, 15) is 4.79 Å². The standard InChI is InChI=1S/C17H25NO3/c1-2-12-21-16-9-3-6-14(13-16)17(20)18(10-5-11-19)15-7-4-8-15/h3,6,9,13,15,19H,2,4-5,7-8,10-12H2,1H3. The van der Waals surface area contributed by atoms with Crippen molar-refractivity contribution in [3.8, 4) is 5.75 Å². The summed E-state index contributed by atoms with van der Waals surface area (Å²) in [6.07, 6.45) is 4.91. The predicted octanol–water partition coefficient (Wildman–Crippen LogP) is 2.85. The highest BCUT2D eigenvalue weighted by Gasteiger charge is 2.29. The van der Waals surface area contributed by atoms with Crippen LogP contribution in [0.2, 0.25) is 0 Å². The van der Waals surface area contributed by atoms with Crippen LogP contribution < -0.4 is 4.74 Å². The van der Waals surface area contributed by atoms with Crippen LogP contribution in [-0.4, -0.2) is 41.7 Å². The minimum absolute atomic E-state index is 0.0510. The van der Waals surface area contributed by atoms with Gasteiger partial charge in [-0.2, -0.15) is 0 Å². The zero-order valence-corrected chi connectivity index (χ0v) is 12.8. The van der Waals surface area contributed by atoms with Crippen LogP contribution in [0.25, 0.3) is 0 Å². The van der Waals surface area contributed by atoms with Crippen molar-refractivity contribution in [3.63, 3.8) is 0 Å². The normalized spacial score (nSPS) is 14.6. The van der Waals surface area contributed by atoms with Crippen molar-refractivity contribution in [1.82, 2.24) is 4.90 Å². The molecule has 2 rings (SSSR count). The Morgan fingerprint density at radius 3 is 2.86 bits per heavy atom. The van der Waals surface area contributed by atoms with Gasteiger partial charge in [-0.1, -0.05) is 13.0 Å². The first-order valence-electron chi connectivity index (χ1n) is 7.91. The summed E-state index contributed by atoms with van der Waals surface area (Å²) in [5, 5.41) is 9.02. The third-order valence-electron chi connectivity index (χ3n) is 3.89. The van der Waals surface area contributed by atoms with E-state index in [1.165, 1.54) is 6.42 Å². The van der Waals surface area contributed by atoms with E-state index >= 15 is 0 Å². The van der Waals surface area contributed by atoms with Crippen LogP contribution in [0, 0.1) is 0 Å². The van der Waals surface area contributed by atoms with E-state index in [-0.39, 0.29) is 12.5 Å². The molecule has 1 saturated carbocycles. The molecule has 0 aliphatic heterocycles. The summed E-state index contributed by atoms with van der Waals surface area (Å²) in [7, 11) is 0. The first-order chi connectivity index (χ1) is 10.3. The molecule has 21 heavy (non-hydrogen) atoms. The summed E-state index contributed by atoms with van der Waals surface area (Å²) in [6.45, 7) is 3.47. The summed E-state index contributed by atoms with van der Waals surface area (Å²) < 4.78 is 5.60. The maximum Gasteiger partial charge on any atom is 0.254 e. The van der Waals surface area contributed by atoms with Crippen LogP contribution in [0.4, 0.5) is 0 Å². The van der Waals surface area contributed by atoms with Gasteiger partial charge in [0.15, 0.2) is 0 Å². The average molecular weight is 291 g/mol. The fourth-order valence-corrected chi connectivity index (χ4v) is 2.49. The van der Waals surface area contributed by atoms with Gasteiger partial charge in [-0.05, 0) is 50.3 Å². The van der Waals surface area contributed by atoms with Crippen molar-refractivity contribution in [2.24, 2.45) is 0 Å². The molecule has 0 heterocycles. The van der Waals surface area contributed by atoms with E-state index in [4.69, 9.17) is 9.84 Å². The van der Waals surface area contributed by atoms with Gasteiger partial charge in [0, 0.05) is 24.8 Å². The van der Waals surface area contributed by atoms with Gasteiger partial charge in [0.2, 0.25) is 0 Å². The molecule has 0 saturated heterocycles. The number of benzene rings is 1. The van der Waals surface area contributed by atoms with E-state index in [1.807, 2.05) is 29.2 Å². The highest BCUT2D eigenvalue weighted by atomic mass is 16.5. The second-order valence-electron chi connectivity index (χ2n) is 5.54. The quantitative estimate of drug-likeness (QED) is 0.801. The molecule has 1 N–H and O–H groups in total. The summed E-state index contributed by atoms with van der Waals surface area (Å²) in [5.74, 6) is 0.800. The first kappa shape index (κ1) is 15.8. The number of hydrogen-bond acceptors (Lipinski definition) is 3. The molecule has 0 atom stereocenters. The Balaban J connectivity index is 2.07. The molecule has 0 spiro atoms. The van der Waals surface area contributed by atoms with E-state index in [1.54, 1.807) is 0 Å². The van der Waals surface area contributed by atoms with Crippen molar-refractivity contribution < 1.29 is 14.6 Å². The van der Waals surface area contributed by atoms with Crippen LogP contribution in [0.3, 0.4) is 0 Å². The summed E-state index contributed by atoms with van der Waals surface area (Å²) >= 11 is 0. The fourth-order valence-electron chi connectivity index (χ4n) is 2.49. The Bertz CT molecular complexity index is 457. The molecule has 0 radical (unpaired) electrons. The fraction of sp³-hybridized carbons (Fsp3) is 0.588. The Hall–Kier alpha value is -1.55. The number of aliphatic hydroxyl groups excluding tert-OH is 1. The smallest absolute Gasteiger partial charge is 0.254 e. The number of ether oxygens (including phenoxy) is 1. The number of carbonyl (C=O) groups excluding carboxylic acids is 1. The molecule has 1 aliphatic rings. The highest BCUT2D eigenvalue weighted by molar-refractivity contribution is 5.94. The monoisotopic (exact) mass is 291 g/mol. The average Bonchev–Trinajstić information content (AvgIpc) is 2.47. The lowest BCUT2D eigenvalue weighted by Gasteiger charge is -2.37. The summed E-state index contributed by atoms with van der Waals surface area (Å²) in [6, 6.07) is 7.75. The Labute approximate surface area is 126 Å². The van der Waals surface area contributed by atoms with Crippen LogP contribution in [0.1, 0.15) is 49.4 Å². The molecule has 1 aliphatic carbocycles. The lowest BCUT2D eigenvalue weighted by atomic mass is 9.90. The van der Waals surface area contributed by atoms with E-state index in [0.717, 1.165) is 25.0 Å². The topological polar surface area (TPSA) is 49.8 Å². The molecule has 1 aromatic rings. The van der Waals surface area contributed by atoms with Gasteiger partial charge in [0.1, 0.15) is 5.75 Å². The van der Waals surface area contributed by atoms with Gasteiger partial charge in [-0.3, -0.25) is 4.79 Å². The molecular weight excluding hydrogens is 266 g/mol. The molecule has 4 heteroatoms. The van der Waals surface area contributed by atoms with E-state index < -0.39 is 0 Å². The van der Waals surface area contributed by atoms with E-state index in [2.05, 4.69) is 6.92 Å². The number of carbonyl (C=O) groups is 1. The lowest BCUT2D eigenvalue weighted by Crippen LogP contribution is -2.44. The molecular formula is C17H25NO3. The molecule has 0 unspecified atom stereocenters. The second kappa shape index (κ2) is 8.03. The minimum Gasteiger partial charge on any atom is -0.494 e. The van der Waals surface area contributed by atoms with Crippen LogP contribution in [0.15, 0.2) is 24.3 Å². The van der Waals surface area contributed by atoms with Gasteiger partial charge in [-0.15, -0.1) is 0 Å². The molecule has 0 aromatic heterocycles. The Kier molecular flexibility index (Phi) is 6.05. The maximum atomic E-state index is 12.7. The summed E-state index contributed by atoms with van der Waals surface area (Å²) in [4.78, 5) is 14.6. The third-order valence-corrected chi connectivity index (χ3v) is 3.89. The highest BCUT2D eigenvalue weighted by Crippen LogP contribution is 2.27. The van der Waals surface area contributed by atoms with Crippen molar-refractivity contribution in [3.05, 3.63) is 29.8 Å². The largest absolute Gasteiger partial charge is 0.494 e. The van der Waals surface area contributed by atoms with Crippen LogP contribution in [0.5, 0.6) is 5.75 Å². The number of hydrogen-bond donors (Lipinski definition) is 1. The van der Waals surface area contributed by atoms with Gasteiger partial charge in [-0.25, -0.2) is 0 Å². The van der Waals surface area contributed by atoms with E-state index in [0.29, 0.717) is 31.2 Å². The molecule has 0 bridgehead atoms. The van der Waals surface area contributed by atoms with Crippen molar-refractivity contribution in [1.29, 1.82) is 0 Å². The van der Waals surface area contributed by atoms with Gasteiger partial charge in [0.05, 0.1) is 6.61 Å². The number of amides is 1. The SMILES string of the molecule is CCCOc1cccc(C(=O)N(CCCO)C2CCC2)c1.